The van der Waals surface area contributed by atoms with E-state index < -0.39 is 0 Å². The lowest BCUT2D eigenvalue weighted by molar-refractivity contribution is 0.242. The summed E-state index contributed by atoms with van der Waals surface area (Å²) in [5, 5.41) is 7.33. The van der Waals surface area contributed by atoms with Crippen LogP contribution < -0.4 is 15.4 Å². The van der Waals surface area contributed by atoms with Crippen LogP contribution in [-0.2, 0) is 0 Å². The predicted octanol–water partition coefficient (Wildman–Crippen LogP) is 5.86. The summed E-state index contributed by atoms with van der Waals surface area (Å²) in [7, 11) is 0. The quantitative estimate of drug-likeness (QED) is 0.517. The largest absolute Gasteiger partial charge is 0.491 e. The Morgan fingerprint density at radius 1 is 0.893 bits per heavy atom. The number of aryl methyl sites for hydroxylation is 1. The van der Waals surface area contributed by atoms with Crippen LogP contribution in [0, 0.1) is 6.92 Å². The van der Waals surface area contributed by atoms with E-state index in [0.29, 0.717) is 5.11 Å². The molecule has 1 atom stereocenters. The van der Waals surface area contributed by atoms with Gasteiger partial charge < -0.3 is 15.4 Å². The van der Waals surface area contributed by atoms with E-state index in [2.05, 4.69) is 54.0 Å². The molecule has 2 N–H and O–H groups in total. The van der Waals surface area contributed by atoms with Crippen molar-refractivity contribution in [2.45, 2.75) is 32.9 Å². The minimum Gasteiger partial charge on any atom is -0.491 e. The van der Waals surface area contributed by atoms with Gasteiger partial charge in [-0.2, -0.15) is 0 Å². The number of ether oxygens (including phenoxy) is 1. The van der Waals surface area contributed by atoms with E-state index in [0.717, 1.165) is 17.0 Å². The van der Waals surface area contributed by atoms with E-state index in [-0.39, 0.29) is 12.1 Å². The van der Waals surface area contributed by atoms with Gasteiger partial charge in [0.2, 0.25) is 0 Å². The fourth-order valence-electron chi connectivity index (χ4n) is 3.11. The molecule has 4 heteroatoms. The molecule has 28 heavy (non-hydrogen) atoms. The lowest BCUT2D eigenvalue weighted by atomic mass is 9.95. The first-order valence-corrected chi connectivity index (χ1v) is 9.88. The summed E-state index contributed by atoms with van der Waals surface area (Å²) in [6.45, 7) is 6.15. The lowest BCUT2D eigenvalue weighted by Crippen LogP contribution is -2.33. The van der Waals surface area contributed by atoms with Crippen molar-refractivity contribution in [2.75, 3.05) is 5.32 Å². The highest BCUT2D eigenvalue weighted by Crippen LogP contribution is 2.25. The fraction of sp³-hybridized carbons (Fsp3) is 0.208. The third-order valence-corrected chi connectivity index (χ3v) is 4.59. The maximum absolute atomic E-state index is 5.77. The molecule has 144 valence electrons. The highest BCUT2D eigenvalue weighted by Gasteiger charge is 2.17. The summed E-state index contributed by atoms with van der Waals surface area (Å²) in [6.07, 6.45) is 0.129. The van der Waals surface area contributed by atoms with Crippen molar-refractivity contribution in [2.24, 2.45) is 0 Å². The first kappa shape index (κ1) is 19.9. The average molecular weight is 391 g/mol. The Balaban J connectivity index is 1.80. The smallest absolute Gasteiger partial charge is 0.171 e. The normalized spacial score (nSPS) is 11.7. The lowest BCUT2D eigenvalue weighted by Gasteiger charge is -2.23. The van der Waals surface area contributed by atoms with Crippen LogP contribution >= 0.6 is 12.2 Å². The molecule has 0 saturated heterocycles. The summed E-state index contributed by atoms with van der Waals surface area (Å²) in [6, 6.07) is 26.5. The zero-order valence-corrected chi connectivity index (χ0v) is 17.3. The van der Waals surface area contributed by atoms with Gasteiger partial charge in [-0.05, 0) is 61.8 Å². The third kappa shape index (κ3) is 5.33. The van der Waals surface area contributed by atoms with E-state index in [1.54, 1.807) is 0 Å². The van der Waals surface area contributed by atoms with Gasteiger partial charge in [-0.3, -0.25) is 0 Å². The molecule has 3 aromatic carbocycles. The molecule has 0 aliphatic heterocycles. The molecule has 3 rings (SSSR count). The highest BCUT2D eigenvalue weighted by atomic mass is 32.1. The molecule has 0 unspecified atom stereocenters. The molecule has 0 aliphatic rings. The number of rotatable bonds is 6. The molecule has 0 spiro atoms. The molecule has 0 saturated carbocycles. The summed E-state index contributed by atoms with van der Waals surface area (Å²) in [5.74, 6) is 0.821. The van der Waals surface area contributed by atoms with Crippen LogP contribution in [0.25, 0.3) is 0 Å². The Morgan fingerprint density at radius 3 is 2.32 bits per heavy atom. The summed E-state index contributed by atoms with van der Waals surface area (Å²) in [4.78, 5) is 0. The van der Waals surface area contributed by atoms with Crippen molar-refractivity contribution in [1.29, 1.82) is 0 Å². The standard InChI is InChI=1S/C24H26N2OS/c1-17(2)27-21-14-9-13-20(16-21)25-24(28)26-23(19-11-5-4-6-12-19)22-15-8-7-10-18(22)3/h4-17,23H,1-3H3,(H2,25,26,28)/t23-/m0/s1. The van der Waals surface area contributed by atoms with Crippen LogP contribution in [-0.4, -0.2) is 11.2 Å². The van der Waals surface area contributed by atoms with Crippen molar-refractivity contribution < 1.29 is 4.74 Å². The van der Waals surface area contributed by atoms with Gasteiger partial charge in [0.15, 0.2) is 5.11 Å². The number of benzene rings is 3. The molecule has 3 aromatic rings. The van der Waals surface area contributed by atoms with Gasteiger partial charge in [0.25, 0.3) is 0 Å². The summed E-state index contributed by atoms with van der Waals surface area (Å²) in [5.41, 5.74) is 4.49. The van der Waals surface area contributed by atoms with Crippen LogP contribution in [0.4, 0.5) is 5.69 Å². The predicted molar refractivity (Wildman–Crippen MR) is 121 cm³/mol. The van der Waals surface area contributed by atoms with Gasteiger partial charge in [0.05, 0.1) is 12.1 Å². The second-order valence-electron chi connectivity index (χ2n) is 6.99. The Labute approximate surface area is 172 Å². The minimum atomic E-state index is -0.0301. The Hall–Kier alpha value is -2.85. The van der Waals surface area contributed by atoms with Gasteiger partial charge in [-0.25, -0.2) is 0 Å². The Kier molecular flexibility index (Phi) is 6.66. The van der Waals surface area contributed by atoms with Gasteiger partial charge in [0, 0.05) is 11.8 Å². The van der Waals surface area contributed by atoms with Crippen LogP contribution in [0.3, 0.4) is 0 Å². The molecule has 3 nitrogen and oxygen atoms in total. The fourth-order valence-corrected chi connectivity index (χ4v) is 3.35. The summed E-state index contributed by atoms with van der Waals surface area (Å²) < 4.78 is 5.77. The molecule has 0 amide bonds. The number of nitrogens with one attached hydrogen (secondary N) is 2. The molecular formula is C24H26N2OS. The number of hydrogen-bond donors (Lipinski definition) is 2. The molecule has 0 aliphatic carbocycles. The zero-order valence-electron chi connectivity index (χ0n) is 16.5. The minimum absolute atomic E-state index is 0.0301. The van der Waals surface area contributed by atoms with Crippen LogP contribution in [0.1, 0.15) is 36.6 Å². The molecule has 0 heterocycles. The molecule has 0 radical (unpaired) electrons. The Bertz CT molecular complexity index is 925. The highest BCUT2D eigenvalue weighted by molar-refractivity contribution is 7.80. The van der Waals surface area contributed by atoms with Gasteiger partial charge in [-0.15, -0.1) is 0 Å². The molecule has 0 fully saturated rings. The van der Waals surface area contributed by atoms with Gasteiger partial charge in [-0.1, -0.05) is 60.7 Å². The molecular weight excluding hydrogens is 364 g/mol. The first-order valence-electron chi connectivity index (χ1n) is 9.47. The van der Waals surface area contributed by atoms with Crippen LogP contribution in [0.5, 0.6) is 5.75 Å². The van der Waals surface area contributed by atoms with Crippen molar-refractivity contribution in [1.82, 2.24) is 5.32 Å². The van der Waals surface area contributed by atoms with E-state index in [1.807, 2.05) is 56.3 Å². The second kappa shape index (κ2) is 9.38. The SMILES string of the molecule is Cc1ccccc1[C@@H](NC(=S)Nc1cccc(OC(C)C)c1)c1ccccc1. The number of thiocarbonyl (C=S) groups is 1. The van der Waals surface area contributed by atoms with Crippen LogP contribution in [0.15, 0.2) is 78.9 Å². The van der Waals surface area contributed by atoms with E-state index >= 15 is 0 Å². The monoisotopic (exact) mass is 390 g/mol. The van der Waals surface area contributed by atoms with E-state index in [1.165, 1.54) is 11.1 Å². The zero-order chi connectivity index (χ0) is 19.9. The topological polar surface area (TPSA) is 33.3 Å². The second-order valence-corrected chi connectivity index (χ2v) is 7.40. The summed E-state index contributed by atoms with van der Waals surface area (Å²) >= 11 is 5.62. The first-order chi connectivity index (χ1) is 13.5. The van der Waals surface area contributed by atoms with E-state index in [9.17, 15) is 0 Å². The van der Waals surface area contributed by atoms with Crippen molar-refractivity contribution >= 4 is 23.0 Å². The Morgan fingerprint density at radius 2 is 1.61 bits per heavy atom. The van der Waals surface area contributed by atoms with Crippen LogP contribution in [0.2, 0.25) is 0 Å². The van der Waals surface area contributed by atoms with Gasteiger partial charge >= 0.3 is 0 Å². The van der Waals surface area contributed by atoms with E-state index in [4.69, 9.17) is 17.0 Å². The third-order valence-electron chi connectivity index (χ3n) is 4.37. The molecule has 0 bridgehead atoms. The number of anilines is 1. The van der Waals surface area contributed by atoms with Crippen molar-refractivity contribution in [3.63, 3.8) is 0 Å². The van der Waals surface area contributed by atoms with Crippen molar-refractivity contribution in [3.8, 4) is 5.75 Å². The molecule has 0 aromatic heterocycles. The van der Waals surface area contributed by atoms with Gasteiger partial charge in [0.1, 0.15) is 5.75 Å². The average Bonchev–Trinajstić information content (AvgIpc) is 2.67. The maximum Gasteiger partial charge on any atom is 0.171 e. The van der Waals surface area contributed by atoms with Crippen molar-refractivity contribution in [3.05, 3.63) is 95.6 Å². The number of hydrogen-bond acceptors (Lipinski definition) is 2. The maximum atomic E-state index is 5.77.